The number of halogens is 1. The van der Waals surface area contributed by atoms with Gasteiger partial charge in [0.05, 0.1) is 15.7 Å². The molecule has 0 aliphatic heterocycles. The number of hydrogen-bond acceptors (Lipinski definition) is 3. The fraction of sp³-hybridized carbons (Fsp3) is 0.538. The van der Waals surface area contributed by atoms with Crippen LogP contribution >= 0.6 is 11.6 Å². The molecule has 102 valence electrons. The van der Waals surface area contributed by atoms with E-state index in [-0.39, 0.29) is 21.1 Å². The van der Waals surface area contributed by atoms with Crippen molar-refractivity contribution in [3.05, 3.63) is 29.3 Å². The van der Waals surface area contributed by atoms with Crippen LogP contribution in [-0.2, 0) is 9.84 Å². The molecule has 0 unspecified atom stereocenters. The molecule has 0 amide bonds. The molecular weight excluding hydrogens is 270 g/mol. The van der Waals surface area contributed by atoms with Crippen LogP contribution in [-0.4, -0.2) is 20.7 Å². The summed E-state index contributed by atoms with van der Waals surface area (Å²) in [5.41, 5.74) is 5.60. The lowest BCUT2D eigenvalue weighted by molar-refractivity contribution is 0.344. The van der Waals surface area contributed by atoms with Crippen molar-refractivity contribution in [2.75, 3.05) is 12.3 Å². The predicted octanol–water partition coefficient (Wildman–Crippen LogP) is 2.88. The summed E-state index contributed by atoms with van der Waals surface area (Å²) < 4.78 is 24.2. The smallest absolute Gasteiger partial charge is 0.179 e. The second-order valence-corrected chi connectivity index (χ2v) is 7.71. The molecule has 18 heavy (non-hydrogen) atoms. The van der Waals surface area contributed by atoms with E-state index in [0.717, 1.165) is 6.42 Å². The summed E-state index contributed by atoms with van der Waals surface area (Å²) in [6, 6.07) is 6.55. The number of nitrogens with two attached hydrogens (primary N) is 1. The van der Waals surface area contributed by atoms with Crippen molar-refractivity contribution < 1.29 is 8.42 Å². The van der Waals surface area contributed by atoms with Gasteiger partial charge < -0.3 is 5.73 Å². The SMILES string of the molecule is CC(C)(CN)CCCS(=O)(=O)c1ccccc1Cl. The number of rotatable bonds is 6. The van der Waals surface area contributed by atoms with E-state index >= 15 is 0 Å². The van der Waals surface area contributed by atoms with Crippen molar-refractivity contribution in [1.82, 2.24) is 0 Å². The van der Waals surface area contributed by atoms with Crippen molar-refractivity contribution in [2.24, 2.45) is 11.1 Å². The molecule has 0 spiro atoms. The molecule has 1 aromatic rings. The minimum Gasteiger partial charge on any atom is -0.330 e. The fourth-order valence-corrected chi connectivity index (χ4v) is 3.53. The molecular formula is C13H20ClNO2S. The lowest BCUT2D eigenvalue weighted by Crippen LogP contribution is -2.24. The van der Waals surface area contributed by atoms with Gasteiger partial charge >= 0.3 is 0 Å². The van der Waals surface area contributed by atoms with Crippen LogP contribution in [0, 0.1) is 5.41 Å². The van der Waals surface area contributed by atoms with Crippen LogP contribution in [0.1, 0.15) is 26.7 Å². The molecule has 0 saturated heterocycles. The maximum absolute atomic E-state index is 12.1. The minimum atomic E-state index is -3.29. The third-order valence-electron chi connectivity index (χ3n) is 2.99. The van der Waals surface area contributed by atoms with Crippen LogP contribution in [0.25, 0.3) is 0 Å². The van der Waals surface area contributed by atoms with Gasteiger partial charge in [-0.2, -0.15) is 0 Å². The van der Waals surface area contributed by atoms with Gasteiger partial charge in [0.25, 0.3) is 0 Å². The molecule has 0 bridgehead atoms. The molecule has 2 N–H and O–H groups in total. The number of hydrogen-bond donors (Lipinski definition) is 1. The zero-order valence-corrected chi connectivity index (χ0v) is 12.4. The summed E-state index contributed by atoms with van der Waals surface area (Å²) in [6.07, 6.45) is 1.38. The second-order valence-electron chi connectivity index (χ2n) is 5.22. The zero-order chi connectivity index (χ0) is 13.8. The van der Waals surface area contributed by atoms with Crippen molar-refractivity contribution in [3.8, 4) is 0 Å². The lowest BCUT2D eigenvalue weighted by Gasteiger charge is -2.21. The summed E-state index contributed by atoms with van der Waals surface area (Å²) >= 11 is 5.91. The predicted molar refractivity (Wildman–Crippen MR) is 75.6 cm³/mol. The van der Waals surface area contributed by atoms with E-state index in [0.29, 0.717) is 13.0 Å². The van der Waals surface area contributed by atoms with Crippen molar-refractivity contribution in [1.29, 1.82) is 0 Å². The average molecular weight is 290 g/mol. The highest BCUT2D eigenvalue weighted by molar-refractivity contribution is 7.91. The largest absolute Gasteiger partial charge is 0.330 e. The van der Waals surface area contributed by atoms with E-state index in [9.17, 15) is 8.42 Å². The Morgan fingerprint density at radius 1 is 1.28 bits per heavy atom. The Kier molecular flexibility index (Phi) is 5.20. The van der Waals surface area contributed by atoms with Gasteiger partial charge in [0.2, 0.25) is 0 Å². The summed E-state index contributed by atoms with van der Waals surface area (Å²) in [7, 11) is -3.29. The standard InChI is InChI=1S/C13H20ClNO2S/c1-13(2,10-15)8-5-9-18(16,17)12-7-4-3-6-11(12)14/h3-4,6-7H,5,8-10,15H2,1-2H3. The van der Waals surface area contributed by atoms with Gasteiger partial charge in [-0.05, 0) is 36.9 Å². The highest BCUT2D eigenvalue weighted by Crippen LogP contribution is 2.25. The monoisotopic (exact) mass is 289 g/mol. The topological polar surface area (TPSA) is 60.2 Å². The maximum atomic E-state index is 12.1. The first-order chi connectivity index (χ1) is 8.28. The van der Waals surface area contributed by atoms with Gasteiger partial charge in [0.15, 0.2) is 9.84 Å². The third kappa shape index (κ3) is 4.26. The van der Waals surface area contributed by atoms with E-state index in [1.54, 1.807) is 24.3 Å². The van der Waals surface area contributed by atoms with Gasteiger partial charge in [0, 0.05) is 0 Å². The molecule has 0 radical (unpaired) electrons. The quantitative estimate of drug-likeness (QED) is 0.876. The molecule has 0 heterocycles. The van der Waals surface area contributed by atoms with Gasteiger partial charge in [-0.3, -0.25) is 0 Å². The van der Waals surface area contributed by atoms with Gasteiger partial charge in [0.1, 0.15) is 0 Å². The number of benzene rings is 1. The van der Waals surface area contributed by atoms with Crippen molar-refractivity contribution in [2.45, 2.75) is 31.6 Å². The van der Waals surface area contributed by atoms with E-state index in [2.05, 4.69) is 0 Å². The first-order valence-corrected chi connectivity index (χ1v) is 7.99. The van der Waals surface area contributed by atoms with Gasteiger partial charge in [-0.25, -0.2) is 8.42 Å². The molecule has 1 rings (SSSR count). The third-order valence-corrected chi connectivity index (χ3v) is 5.28. The highest BCUT2D eigenvalue weighted by atomic mass is 35.5. The van der Waals surface area contributed by atoms with E-state index in [4.69, 9.17) is 17.3 Å². The Bertz CT molecular complexity index is 497. The summed E-state index contributed by atoms with van der Waals surface area (Å²) in [5, 5.41) is 0.288. The number of sulfone groups is 1. The molecule has 1 aromatic carbocycles. The van der Waals surface area contributed by atoms with Crippen LogP contribution in [0.3, 0.4) is 0 Å². The molecule has 0 aliphatic rings. The zero-order valence-electron chi connectivity index (χ0n) is 10.8. The normalized spacial score (nSPS) is 12.7. The molecule has 0 aromatic heterocycles. The van der Waals surface area contributed by atoms with Crippen LogP contribution < -0.4 is 5.73 Å². The minimum absolute atomic E-state index is 0.0179. The molecule has 0 atom stereocenters. The second kappa shape index (κ2) is 6.04. The van der Waals surface area contributed by atoms with E-state index in [1.807, 2.05) is 13.8 Å². The van der Waals surface area contributed by atoms with Crippen molar-refractivity contribution in [3.63, 3.8) is 0 Å². The first-order valence-electron chi connectivity index (χ1n) is 5.96. The van der Waals surface area contributed by atoms with Gasteiger partial charge in [-0.1, -0.05) is 37.6 Å². The first kappa shape index (κ1) is 15.5. The summed E-state index contributed by atoms with van der Waals surface area (Å²) in [6.45, 7) is 4.63. The van der Waals surface area contributed by atoms with Crippen LogP contribution in [0.4, 0.5) is 0 Å². The molecule has 0 saturated carbocycles. The maximum Gasteiger partial charge on any atom is 0.179 e. The molecule has 3 nitrogen and oxygen atoms in total. The fourth-order valence-electron chi connectivity index (χ4n) is 1.65. The van der Waals surface area contributed by atoms with Crippen LogP contribution in [0.15, 0.2) is 29.2 Å². The van der Waals surface area contributed by atoms with E-state index in [1.165, 1.54) is 0 Å². The van der Waals surface area contributed by atoms with Crippen molar-refractivity contribution >= 4 is 21.4 Å². The Hall–Kier alpha value is -0.580. The summed E-state index contributed by atoms with van der Waals surface area (Å²) in [5.74, 6) is 0.111. The average Bonchev–Trinajstić information content (AvgIpc) is 2.29. The Morgan fingerprint density at radius 3 is 2.44 bits per heavy atom. The summed E-state index contributed by atoms with van der Waals surface area (Å²) in [4.78, 5) is 0.220. The molecule has 0 fully saturated rings. The Labute approximate surface area is 114 Å². The Morgan fingerprint density at radius 2 is 1.89 bits per heavy atom. The van der Waals surface area contributed by atoms with Gasteiger partial charge in [-0.15, -0.1) is 0 Å². The Balaban J connectivity index is 2.70. The molecule has 5 heteroatoms. The van der Waals surface area contributed by atoms with E-state index < -0.39 is 9.84 Å². The lowest BCUT2D eigenvalue weighted by atomic mass is 9.88. The highest BCUT2D eigenvalue weighted by Gasteiger charge is 2.20. The van der Waals surface area contributed by atoms with Crippen LogP contribution in [0.5, 0.6) is 0 Å². The van der Waals surface area contributed by atoms with Crippen LogP contribution in [0.2, 0.25) is 5.02 Å². The molecule has 0 aliphatic carbocycles.